The summed E-state index contributed by atoms with van der Waals surface area (Å²) in [5.74, 6) is -2.18. The number of fused-ring (bicyclic) bond motifs is 4. The van der Waals surface area contributed by atoms with Gasteiger partial charge in [0, 0.05) is 12.1 Å². The summed E-state index contributed by atoms with van der Waals surface area (Å²) >= 11 is 0. The number of carbonyl (C=O) groups is 4. The van der Waals surface area contributed by atoms with Crippen LogP contribution < -0.4 is 29.2 Å². The zero-order chi connectivity index (χ0) is 28.2. The Bertz CT molecular complexity index is 1590. The predicted molar refractivity (Wildman–Crippen MR) is 127 cm³/mol. The summed E-state index contributed by atoms with van der Waals surface area (Å²) < 4.78 is 64.0. The number of ether oxygens (including phenoxy) is 4. The lowest BCUT2D eigenvalue weighted by molar-refractivity contribution is -0.153. The van der Waals surface area contributed by atoms with Gasteiger partial charge in [0.25, 0.3) is 23.4 Å². The molecular formula is C26H17F3N2O9. The summed E-state index contributed by atoms with van der Waals surface area (Å²) in [5, 5.41) is 2.47. The minimum Gasteiger partial charge on any atom is -0.486 e. The van der Waals surface area contributed by atoms with E-state index in [1.165, 1.54) is 12.1 Å². The van der Waals surface area contributed by atoms with Gasteiger partial charge in [0.2, 0.25) is 5.76 Å². The first-order valence-corrected chi connectivity index (χ1v) is 11.8. The highest BCUT2D eigenvalue weighted by atomic mass is 19.4. The van der Waals surface area contributed by atoms with Crippen LogP contribution in [0.1, 0.15) is 32.2 Å². The van der Waals surface area contributed by atoms with Crippen molar-refractivity contribution in [3.63, 3.8) is 0 Å². The molecule has 0 atom stereocenters. The van der Waals surface area contributed by atoms with Gasteiger partial charge < -0.3 is 28.7 Å². The quantitative estimate of drug-likeness (QED) is 0.470. The van der Waals surface area contributed by atoms with Gasteiger partial charge in [-0.15, -0.1) is 0 Å². The molecule has 4 aliphatic heterocycles. The second kappa shape index (κ2) is 9.32. The van der Waals surface area contributed by atoms with E-state index in [2.05, 4.69) is 5.32 Å². The van der Waals surface area contributed by atoms with Gasteiger partial charge in [-0.1, -0.05) is 0 Å². The van der Waals surface area contributed by atoms with Crippen molar-refractivity contribution in [3.8, 4) is 23.0 Å². The molecule has 0 aliphatic carbocycles. The number of carbonyl (C=O) groups excluding carboxylic acids is 4. The molecule has 7 rings (SSSR count). The zero-order valence-electron chi connectivity index (χ0n) is 20.3. The molecular weight excluding hydrogens is 541 g/mol. The molecule has 11 nitrogen and oxygen atoms in total. The number of ketones is 2. The lowest BCUT2D eigenvalue weighted by Crippen LogP contribution is -2.29. The number of furan rings is 1. The molecule has 0 saturated carbocycles. The Morgan fingerprint density at radius 3 is 1.93 bits per heavy atom. The summed E-state index contributed by atoms with van der Waals surface area (Å²) in [5.41, 5.74) is 1.22. The Hall–Kier alpha value is -5.01. The molecule has 5 heterocycles. The van der Waals surface area contributed by atoms with Gasteiger partial charge in [-0.05, 0) is 24.3 Å². The first kappa shape index (κ1) is 25.3. The minimum atomic E-state index is -4.62. The average molecular weight is 558 g/mol. The molecule has 206 valence electrons. The number of rotatable bonds is 2. The molecule has 0 spiro atoms. The molecule has 14 heteroatoms. The topological polar surface area (TPSA) is 134 Å². The lowest BCUT2D eigenvalue weighted by atomic mass is 10.1. The number of hydrogen-bond donors (Lipinski definition) is 1. The molecule has 0 fully saturated rings. The maximum Gasteiger partial charge on any atom is 0.449 e. The van der Waals surface area contributed by atoms with E-state index in [4.69, 9.17) is 23.4 Å². The van der Waals surface area contributed by atoms with E-state index in [1.54, 1.807) is 12.1 Å². The highest BCUT2D eigenvalue weighted by Crippen LogP contribution is 2.41. The summed E-state index contributed by atoms with van der Waals surface area (Å²) in [6, 6.07) is 7.95. The van der Waals surface area contributed by atoms with Crippen LogP contribution in [0.5, 0.6) is 23.0 Å². The van der Waals surface area contributed by atoms with Crippen LogP contribution in [0.15, 0.2) is 40.8 Å². The van der Waals surface area contributed by atoms with Gasteiger partial charge in [-0.2, -0.15) is 13.2 Å². The van der Waals surface area contributed by atoms with Crippen LogP contribution >= 0.6 is 0 Å². The molecule has 4 aliphatic rings. The first-order valence-electron chi connectivity index (χ1n) is 11.8. The molecule has 0 bridgehead atoms. The summed E-state index contributed by atoms with van der Waals surface area (Å²) in [7, 11) is 0. The fourth-order valence-electron chi connectivity index (χ4n) is 4.44. The SMILES string of the molecule is O=C1C(=O)N(Cc2ccc(C(F)(F)F)o2)c2cc3c(cc21)OCCO3.O=C1Nc2cc3c(cc2C1=O)OCCO3. The number of benzene rings is 2. The summed E-state index contributed by atoms with van der Waals surface area (Å²) in [6.45, 7) is 1.29. The molecule has 1 N–H and O–H groups in total. The molecule has 0 saturated heterocycles. The van der Waals surface area contributed by atoms with Crippen LogP contribution in [0.3, 0.4) is 0 Å². The Balaban J connectivity index is 0.000000164. The van der Waals surface area contributed by atoms with E-state index in [-0.39, 0.29) is 23.6 Å². The number of alkyl halides is 3. The smallest absolute Gasteiger partial charge is 0.449 e. The van der Waals surface area contributed by atoms with Crippen LogP contribution in [-0.4, -0.2) is 49.8 Å². The first-order chi connectivity index (χ1) is 19.1. The Morgan fingerprint density at radius 2 is 1.32 bits per heavy atom. The molecule has 3 aromatic rings. The Morgan fingerprint density at radius 1 is 0.750 bits per heavy atom. The van der Waals surface area contributed by atoms with E-state index < -0.39 is 35.3 Å². The van der Waals surface area contributed by atoms with Crippen LogP contribution in [0.25, 0.3) is 0 Å². The highest BCUT2D eigenvalue weighted by molar-refractivity contribution is 6.52. The van der Waals surface area contributed by atoms with E-state index in [0.717, 1.165) is 17.0 Å². The fraction of sp³-hybridized carbons (Fsp3) is 0.231. The maximum absolute atomic E-state index is 12.6. The van der Waals surface area contributed by atoms with Gasteiger partial charge in [-0.3, -0.25) is 24.1 Å². The monoisotopic (exact) mass is 558 g/mol. The van der Waals surface area contributed by atoms with Gasteiger partial charge in [0.05, 0.1) is 29.0 Å². The Labute approximate surface area is 222 Å². The highest BCUT2D eigenvalue weighted by Gasteiger charge is 2.39. The van der Waals surface area contributed by atoms with Crippen LogP contribution in [0.4, 0.5) is 24.5 Å². The van der Waals surface area contributed by atoms with Crippen molar-refractivity contribution < 1.29 is 55.7 Å². The largest absolute Gasteiger partial charge is 0.486 e. The van der Waals surface area contributed by atoms with Crippen molar-refractivity contribution in [3.05, 3.63) is 59.0 Å². The maximum atomic E-state index is 12.6. The summed E-state index contributed by atoms with van der Waals surface area (Å²) in [4.78, 5) is 47.9. The van der Waals surface area contributed by atoms with Gasteiger partial charge in [0.15, 0.2) is 23.0 Å². The van der Waals surface area contributed by atoms with Crippen molar-refractivity contribution in [2.45, 2.75) is 12.7 Å². The average Bonchev–Trinajstić information content (AvgIpc) is 3.59. The number of nitrogens with zero attached hydrogens (tertiary/aromatic N) is 1. The number of halogens is 3. The van der Waals surface area contributed by atoms with Crippen molar-refractivity contribution in [2.75, 3.05) is 36.6 Å². The normalized spacial score (nSPS) is 16.7. The number of amides is 2. The predicted octanol–water partition coefficient (Wildman–Crippen LogP) is 3.39. The third-order valence-electron chi connectivity index (χ3n) is 6.27. The molecule has 40 heavy (non-hydrogen) atoms. The van der Waals surface area contributed by atoms with Crippen LogP contribution in [0, 0.1) is 0 Å². The summed E-state index contributed by atoms with van der Waals surface area (Å²) in [6.07, 6.45) is -4.62. The number of Topliss-reactive ketones (excluding diaryl/α,β-unsaturated/α-hetero) is 2. The van der Waals surface area contributed by atoms with E-state index in [0.29, 0.717) is 60.7 Å². The van der Waals surface area contributed by atoms with Crippen molar-refractivity contribution in [1.82, 2.24) is 0 Å². The van der Waals surface area contributed by atoms with Crippen molar-refractivity contribution in [2.24, 2.45) is 0 Å². The Kier molecular flexibility index (Phi) is 5.89. The standard InChI is InChI=1S/C16H10F3NO5.C10H7NO4/c17-16(18,19)13-2-1-8(25-13)7-20-10-6-12-11(23-3-4-24-12)5-9(10)14(21)15(20)22;12-9-5-3-7-8(15-2-1-14-7)4-6(5)11-10(9)13/h1-2,5-6H,3-4,7H2;3-4H,1-2H2,(H,11,12,13). The third kappa shape index (κ3) is 4.36. The van der Waals surface area contributed by atoms with Crippen molar-refractivity contribution in [1.29, 1.82) is 0 Å². The zero-order valence-corrected chi connectivity index (χ0v) is 20.3. The van der Waals surface area contributed by atoms with Gasteiger partial charge >= 0.3 is 6.18 Å². The second-order valence-electron chi connectivity index (χ2n) is 8.82. The van der Waals surface area contributed by atoms with E-state index in [9.17, 15) is 32.3 Å². The third-order valence-corrected chi connectivity index (χ3v) is 6.27. The van der Waals surface area contributed by atoms with E-state index >= 15 is 0 Å². The molecule has 0 unspecified atom stereocenters. The van der Waals surface area contributed by atoms with Crippen LogP contribution in [-0.2, 0) is 22.3 Å². The van der Waals surface area contributed by atoms with Gasteiger partial charge in [-0.25, -0.2) is 0 Å². The molecule has 2 amide bonds. The van der Waals surface area contributed by atoms with Gasteiger partial charge in [0.1, 0.15) is 32.2 Å². The lowest BCUT2D eigenvalue weighted by Gasteiger charge is -2.21. The van der Waals surface area contributed by atoms with Crippen LogP contribution in [0.2, 0.25) is 0 Å². The van der Waals surface area contributed by atoms with E-state index in [1.807, 2.05) is 0 Å². The minimum absolute atomic E-state index is 0.0868. The van der Waals surface area contributed by atoms with Crippen molar-refractivity contribution >= 4 is 34.8 Å². The fourth-order valence-corrected chi connectivity index (χ4v) is 4.44. The number of hydrogen-bond acceptors (Lipinski definition) is 9. The second-order valence-corrected chi connectivity index (χ2v) is 8.82. The number of anilines is 2. The number of nitrogens with one attached hydrogen (secondary N) is 1. The molecule has 0 radical (unpaired) electrons. The molecule has 2 aromatic carbocycles. The molecule has 1 aromatic heterocycles.